The Morgan fingerprint density at radius 2 is 1.70 bits per heavy atom. The van der Waals surface area contributed by atoms with E-state index in [0.717, 1.165) is 11.3 Å². The third kappa shape index (κ3) is 5.61. The summed E-state index contributed by atoms with van der Waals surface area (Å²) in [6.07, 6.45) is 0.424. The minimum absolute atomic E-state index is 0.0762. The maximum Gasteiger partial charge on any atom is 0.356 e. The predicted molar refractivity (Wildman–Crippen MR) is 144 cm³/mol. The van der Waals surface area contributed by atoms with E-state index in [-0.39, 0.29) is 17.5 Å². The highest BCUT2D eigenvalue weighted by atomic mass is 16.5. The lowest BCUT2D eigenvalue weighted by molar-refractivity contribution is -0.128. The van der Waals surface area contributed by atoms with Crippen LogP contribution in [-0.2, 0) is 9.53 Å². The highest BCUT2D eigenvalue weighted by molar-refractivity contribution is 6.21. The third-order valence-electron chi connectivity index (χ3n) is 6.01. The number of carbonyl (C=O) groups excluding carboxylic acids is 2. The van der Waals surface area contributed by atoms with Crippen LogP contribution in [0.25, 0.3) is 11.0 Å². The molecule has 2 heterocycles. The maximum absolute atomic E-state index is 11.9. The van der Waals surface area contributed by atoms with E-state index in [1.54, 1.807) is 31.1 Å². The minimum atomic E-state index is -0.564. The molecule has 0 fully saturated rings. The summed E-state index contributed by atoms with van der Waals surface area (Å²) in [5.41, 5.74) is 3.97. The van der Waals surface area contributed by atoms with Crippen LogP contribution in [0.15, 0.2) is 71.7 Å². The number of nitrogens with zero attached hydrogens (tertiary/aromatic N) is 4. The van der Waals surface area contributed by atoms with Crippen LogP contribution in [0.2, 0.25) is 0 Å². The summed E-state index contributed by atoms with van der Waals surface area (Å²) in [4.78, 5) is 39.5. The van der Waals surface area contributed by atoms with Gasteiger partial charge in [-0.2, -0.15) is 0 Å². The topological polar surface area (TPSA) is 111 Å². The Morgan fingerprint density at radius 1 is 1.00 bits per heavy atom. The van der Waals surface area contributed by atoms with Crippen molar-refractivity contribution in [2.45, 2.75) is 6.42 Å². The third-order valence-corrected chi connectivity index (χ3v) is 6.01. The number of fused-ring (bicyclic) bond motifs is 1. The lowest BCUT2D eigenvalue weighted by Gasteiger charge is -2.20. The number of methoxy groups -OCH3 is 1. The molecule has 4 aromatic rings. The summed E-state index contributed by atoms with van der Waals surface area (Å²) in [5.74, 6) is -0.591. The first-order valence-corrected chi connectivity index (χ1v) is 11.7. The molecule has 2 aromatic carbocycles. The molecule has 1 amide bonds. The first-order valence-electron chi connectivity index (χ1n) is 11.7. The molecule has 9 nitrogen and oxygen atoms in total. The first-order chi connectivity index (χ1) is 17.8. The average molecular weight is 500 g/mol. The van der Waals surface area contributed by atoms with Crippen LogP contribution >= 0.6 is 0 Å². The molecule has 9 heteroatoms. The Morgan fingerprint density at radius 3 is 2.35 bits per heavy atom. The van der Waals surface area contributed by atoms with Gasteiger partial charge in [0.05, 0.1) is 24.1 Å². The minimum Gasteiger partial charge on any atom is -0.494 e. The Balaban J connectivity index is 1.71. The molecular weight excluding hydrogens is 470 g/mol. The second-order valence-electron chi connectivity index (χ2n) is 8.74. The van der Waals surface area contributed by atoms with Gasteiger partial charge in [0, 0.05) is 50.7 Å². The number of carbonyl (C=O) groups is 2. The molecule has 2 aromatic heterocycles. The molecule has 0 saturated heterocycles. The average Bonchev–Trinajstić information content (AvgIpc) is 3.24. The Bertz CT molecular complexity index is 1440. The van der Waals surface area contributed by atoms with Crippen LogP contribution in [0.1, 0.15) is 28.0 Å². The smallest absolute Gasteiger partial charge is 0.356 e. The number of pyridine rings is 1. The van der Waals surface area contributed by atoms with Crippen molar-refractivity contribution in [2.24, 2.45) is 4.99 Å². The summed E-state index contributed by atoms with van der Waals surface area (Å²) < 4.78 is 4.76. The molecule has 0 bridgehead atoms. The largest absolute Gasteiger partial charge is 0.494 e. The van der Waals surface area contributed by atoms with E-state index in [2.05, 4.69) is 9.97 Å². The van der Waals surface area contributed by atoms with Gasteiger partial charge < -0.3 is 24.6 Å². The van der Waals surface area contributed by atoms with Crippen LogP contribution in [0.5, 0.6) is 5.88 Å². The van der Waals surface area contributed by atoms with Gasteiger partial charge in [-0.15, -0.1) is 0 Å². The van der Waals surface area contributed by atoms with E-state index in [9.17, 15) is 14.7 Å². The Hall–Kier alpha value is -4.66. The summed E-state index contributed by atoms with van der Waals surface area (Å²) in [6.45, 7) is 0.596. The number of H-pyrrole nitrogens is 1. The van der Waals surface area contributed by atoms with Crippen molar-refractivity contribution in [2.75, 3.05) is 39.7 Å². The molecule has 0 radical (unpaired) electrons. The quantitative estimate of drug-likeness (QED) is 0.278. The van der Waals surface area contributed by atoms with Crippen molar-refractivity contribution < 1.29 is 19.4 Å². The number of amides is 1. The Kier molecular flexibility index (Phi) is 7.52. The summed E-state index contributed by atoms with van der Waals surface area (Å²) in [5, 5.41) is 11.5. The van der Waals surface area contributed by atoms with Crippen molar-refractivity contribution in [3.63, 3.8) is 0 Å². The number of ether oxygens (including phenoxy) is 1. The van der Waals surface area contributed by atoms with Crippen LogP contribution in [0, 0.1) is 0 Å². The van der Waals surface area contributed by atoms with Gasteiger partial charge >= 0.3 is 5.97 Å². The fourth-order valence-corrected chi connectivity index (χ4v) is 3.90. The first kappa shape index (κ1) is 25.4. The van der Waals surface area contributed by atoms with Crippen molar-refractivity contribution in [1.82, 2.24) is 14.9 Å². The number of hydrogen-bond acceptors (Lipinski definition) is 7. The van der Waals surface area contributed by atoms with Gasteiger partial charge in [0.1, 0.15) is 5.65 Å². The molecule has 0 unspecified atom stereocenters. The Labute approximate surface area is 215 Å². The molecule has 0 aliphatic heterocycles. The van der Waals surface area contributed by atoms with E-state index in [0.29, 0.717) is 41.0 Å². The normalized spacial score (nSPS) is 11.4. The summed E-state index contributed by atoms with van der Waals surface area (Å²) in [6, 6.07) is 20.5. The van der Waals surface area contributed by atoms with Gasteiger partial charge in [-0.25, -0.2) is 14.8 Å². The molecular formula is C28H29N5O4. The van der Waals surface area contributed by atoms with E-state index in [1.807, 2.05) is 66.5 Å². The molecule has 2 N–H and O–H groups in total. The zero-order valence-corrected chi connectivity index (χ0v) is 21.2. The number of anilines is 1. The number of rotatable bonds is 8. The number of esters is 1. The molecule has 0 aliphatic rings. The van der Waals surface area contributed by atoms with Crippen molar-refractivity contribution in [3.8, 4) is 5.88 Å². The molecule has 0 aliphatic carbocycles. The number of nitrogens with one attached hydrogen (secondary N) is 1. The van der Waals surface area contributed by atoms with Gasteiger partial charge in [-0.1, -0.05) is 30.3 Å². The number of aromatic amines is 1. The summed E-state index contributed by atoms with van der Waals surface area (Å²) in [7, 11) is 6.73. The van der Waals surface area contributed by atoms with Crippen LogP contribution in [0.4, 0.5) is 11.4 Å². The maximum atomic E-state index is 11.9. The molecule has 0 spiro atoms. The lowest BCUT2D eigenvalue weighted by Crippen LogP contribution is -2.27. The lowest BCUT2D eigenvalue weighted by atomic mass is 10.0. The fourth-order valence-electron chi connectivity index (χ4n) is 3.90. The molecule has 190 valence electrons. The van der Waals surface area contributed by atoms with Gasteiger partial charge in [0.25, 0.3) is 0 Å². The van der Waals surface area contributed by atoms with E-state index < -0.39 is 5.97 Å². The molecule has 0 saturated carbocycles. The SMILES string of the molecule is COC(=O)c1ccc2c(C(=Nc3ccc(N(C)CCC(=O)N(C)C)cc3)c3ccccc3)c(O)[nH]c2n1. The molecule has 4 rings (SSSR count). The van der Waals surface area contributed by atoms with E-state index in [4.69, 9.17) is 9.73 Å². The zero-order chi connectivity index (χ0) is 26.5. The molecule has 37 heavy (non-hydrogen) atoms. The van der Waals surface area contributed by atoms with Crippen molar-refractivity contribution in [1.29, 1.82) is 0 Å². The number of benzene rings is 2. The van der Waals surface area contributed by atoms with Crippen LogP contribution in [0.3, 0.4) is 0 Å². The fraction of sp³-hybridized carbons (Fsp3) is 0.214. The van der Waals surface area contributed by atoms with Gasteiger partial charge in [0.2, 0.25) is 5.91 Å². The van der Waals surface area contributed by atoms with E-state index in [1.165, 1.54) is 7.11 Å². The van der Waals surface area contributed by atoms with Crippen molar-refractivity contribution in [3.05, 3.63) is 83.6 Å². The zero-order valence-electron chi connectivity index (χ0n) is 21.2. The van der Waals surface area contributed by atoms with Crippen molar-refractivity contribution >= 4 is 40.0 Å². The van der Waals surface area contributed by atoms with E-state index >= 15 is 0 Å². The number of hydrogen-bond donors (Lipinski definition) is 2. The second-order valence-corrected chi connectivity index (χ2v) is 8.74. The predicted octanol–water partition coefficient (Wildman–Crippen LogP) is 4.14. The summed E-state index contributed by atoms with van der Waals surface area (Å²) >= 11 is 0. The van der Waals surface area contributed by atoms with Crippen LogP contribution in [-0.4, -0.2) is 72.4 Å². The second kappa shape index (κ2) is 10.9. The van der Waals surface area contributed by atoms with Gasteiger partial charge in [-0.3, -0.25) is 4.79 Å². The number of aromatic hydroxyl groups is 1. The number of aromatic nitrogens is 2. The van der Waals surface area contributed by atoms with Crippen LogP contribution < -0.4 is 4.90 Å². The van der Waals surface area contributed by atoms with Gasteiger partial charge in [-0.05, 0) is 36.4 Å². The monoisotopic (exact) mass is 499 g/mol. The standard InChI is InChI=1S/C28H29N5O4/c1-32(2)23(34)16-17-33(3)20-12-10-19(11-13-20)29-25(18-8-6-5-7-9-18)24-21-14-15-22(28(36)37-4)30-26(21)31-27(24)35/h5-15,35H,16-17H2,1-4H3,(H,30,31). The van der Waals surface area contributed by atoms with Gasteiger partial charge in [0.15, 0.2) is 11.6 Å². The highest BCUT2D eigenvalue weighted by Crippen LogP contribution is 2.31. The highest BCUT2D eigenvalue weighted by Gasteiger charge is 2.21. The molecule has 0 atom stereocenters. The number of aliphatic imine (C=N–C) groups is 1.